The molecule has 0 spiro atoms. The number of hydrogen-bond acceptors (Lipinski definition) is 5. The Morgan fingerprint density at radius 2 is 1.93 bits per heavy atom. The van der Waals surface area contributed by atoms with Crippen LogP contribution in [0.4, 0.5) is 5.69 Å². The number of ether oxygens (including phenoxy) is 3. The summed E-state index contributed by atoms with van der Waals surface area (Å²) in [6.07, 6.45) is 2.16. The number of amides is 1. The van der Waals surface area contributed by atoms with Crippen LogP contribution in [-0.2, 0) is 9.53 Å². The van der Waals surface area contributed by atoms with E-state index in [1.54, 1.807) is 49.5 Å². The first-order chi connectivity index (χ1) is 13.5. The molecule has 1 aliphatic heterocycles. The third-order valence-electron chi connectivity index (χ3n) is 4.43. The van der Waals surface area contributed by atoms with Crippen molar-refractivity contribution in [3.63, 3.8) is 0 Å². The molecule has 0 saturated carbocycles. The molecule has 7 heteroatoms. The van der Waals surface area contributed by atoms with Gasteiger partial charge in [0, 0.05) is 24.9 Å². The molecule has 0 bridgehead atoms. The molecule has 1 heterocycles. The van der Waals surface area contributed by atoms with Gasteiger partial charge in [-0.3, -0.25) is 4.79 Å². The van der Waals surface area contributed by atoms with Crippen molar-refractivity contribution in [1.82, 2.24) is 0 Å². The average molecular weight is 385 g/mol. The zero-order chi connectivity index (χ0) is 19.9. The monoisotopic (exact) mass is 385 g/mol. The summed E-state index contributed by atoms with van der Waals surface area (Å²) >= 11 is 0. The van der Waals surface area contributed by atoms with Crippen molar-refractivity contribution in [2.24, 2.45) is 0 Å². The maximum absolute atomic E-state index is 12.8. The van der Waals surface area contributed by atoms with Crippen molar-refractivity contribution in [1.29, 1.82) is 0 Å². The summed E-state index contributed by atoms with van der Waals surface area (Å²) in [6.45, 7) is 0.843. The number of rotatable bonds is 8. The molecule has 7 nitrogen and oxygen atoms in total. The lowest BCUT2D eigenvalue weighted by molar-refractivity contribution is -0.139. The molecule has 148 valence electrons. The first-order valence-corrected chi connectivity index (χ1v) is 9.10. The third kappa shape index (κ3) is 5.23. The number of carboxylic acids is 1. The van der Waals surface area contributed by atoms with Gasteiger partial charge in [-0.1, -0.05) is 6.07 Å². The Kier molecular flexibility index (Phi) is 6.49. The summed E-state index contributed by atoms with van der Waals surface area (Å²) < 4.78 is 16.4. The van der Waals surface area contributed by atoms with Crippen LogP contribution >= 0.6 is 0 Å². The molecule has 1 unspecified atom stereocenters. The van der Waals surface area contributed by atoms with Crippen LogP contribution in [0, 0.1) is 0 Å². The molecule has 0 aromatic heterocycles. The topological polar surface area (TPSA) is 85.3 Å². The molecule has 28 heavy (non-hydrogen) atoms. The van der Waals surface area contributed by atoms with Crippen molar-refractivity contribution in [2.45, 2.75) is 18.9 Å². The van der Waals surface area contributed by atoms with Crippen molar-refractivity contribution >= 4 is 17.6 Å². The Morgan fingerprint density at radius 1 is 1.14 bits per heavy atom. The first-order valence-electron chi connectivity index (χ1n) is 9.10. The summed E-state index contributed by atoms with van der Waals surface area (Å²) in [6, 6.07) is 13.7. The third-order valence-corrected chi connectivity index (χ3v) is 4.43. The number of aliphatic carboxylic acids is 1. The van der Waals surface area contributed by atoms with Gasteiger partial charge in [0.25, 0.3) is 5.91 Å². The Morgan fingerprint density at radius 3 is 2.61 bits per heavy atom. The summed E-state index contributed by atoms with van der Waals surface area (Å²) in [5.74, 6) is -0.163. The second kappa shape index (κ2) is 9.23. The van der Waals surface area contributed by atoms with Crippen LogP contribution in [0.2, 0.25) is 0 Å². The van der Waals surface area contributed by atoms with Crippen molar-refractivity contribution < 1.29 is 28.9 Å². The normalized spacial score (nSPS) is 15.8. The number of hydrogen-bond donors (Lipinski definition) is 1. The number of carbonyl (C=O) groups is 2. The van der Waals surface area contributed by atoms with Crippen LogP contribution in [0.3, 0.4) is 0 Å². The molecule has 0 radical (unpaired) electrons. The van der Waals surface area contributed by atoms with Gasteiger partial charge in [-0.25, -0.2) is 4.79 Å². The van der Waals surface area contributed by atoms with E-state index in [9.17, 15) is 9.59 Å². The first kappa shape index (κ1) is 19.7. The van der Waals surface area contributed by atoms with Gasteiger partial charge in [0.05, 0.1) is 6.10 Å². The van der Waals surface area contributed by atoms with Crippen LogP contribution in [0.15, 0.2) is 48.5 Å². The number of anilines is 1. The largest absolute Gasteiger partial charge is 0.491 e. The minimum Gasteiger partial charge on any atom is -0.491 e. The molecule has 0 aliphatic carbocycles. The SMILES string of the molecule is CN(C(=O)c1cccc(OCC2CCCO2)c1)c1ccc(OCC(=O)O)cc1. The van der Waals surface area contributed by atoms with E-state index >= 15 is 0 Å². The molecule has 1 atom stereocenters. The molecule has 1 fully saturated rings. The molecule has 1 N–H and O–H groups in total. The highest BCUT2D eigenvalue weighted by Crippen LogP contribution is 2.22. The minimum absolute atomic E-state index is 0.115. The number of nitrogens with zero attached hydrogens (tertiary/aromatic N) is 1. The van der Waals surface area contributed by atoms with Crippen LogP contribution in [-0.4, -0.2) is 50.0 Å². The minimum atomic E-state index is -1.04. The predicted molar refractivity (Wildman–Crippen MR) is 103 cm³/mol. The molecule has 2 aromatic rings. The second-order valence-electron chi connectivity index (χ2n) is 6.51. The number of carboxylic acid groups (broad SMARTS) is 1. The predicted octanol–water partition coefficient (Wildman–Crippen LogP) is 2.98. The van der Waals surface area contributed by atoms with E-state index in [1.807, 2.05) is 6.07 Å². The summed E-state index contributed by atoms with van der Waals surface area (Å²) in [5.41, 5.74) is 1.18. The van der Waals surface area contributed by atoms with Crippen molar-refractivity contribution in [3.05, 3.63) is 54.1 Å². The Hall–Kier alpha value is -3.06. The Balaban J connectivity index is 1.62. The smallest absolute Gasteiger partial charge is 0.341 e. The lowest BCUT2D eigenvalue weighted by Gasteiger charge is -2.18. The zero-order valence-corrected chi connectivity index (χ0v) is 15.7. The van der Waals surface area contributed by atoms with Crippen LogP contribution in [0.1, 0.15) is 23.2 Å². The average Bonchev–Trinajstić information content (AvgIpc) is 3.24. The molecule has 1 amide bonds. The van der Waals surface area contributed by atoms with Gasteiger partial charge in [-0.15, -0.1) is 0 Å². The number of benzene rings is 2. The maximum atomic E-state index is 12.8. The van der Waals surface area contributed by atoms with Gasteiger partial charge >= 0.3 is 5.97 Å². The fraction of sp³-hybridized carbons (Fsp3) is 0.333. The van der Waals surface area contributed by atoms with E-state index in [1.165, 1.54) is 4.90 Å². The van der Waals surface area contributed by atoms with E-state index in [0.717, 1.165) is 19.4 Å². The summed E-state index contributed by atoms with van der Waals surface area (Å²) in [7, 11) is 1.68. The summed E-state index contributed by atoms with van der Waals surface area (Å²) in [4.78, 5) is 24.9. The van der Waals surface area contributed by atoms with Crippen molar-refractivity contribution in [2.75, 3.05) is 31.8 Å². The lowest BCUT2D eigenvalue weighted by atomic mass is 10.1. The molecular formula is C21H23NO6. The van der Waals surface area contributed by atoms with Crippen molar-refractivity contribution in [3.8, 4) is 11.5 Å². The fourth-order valence-corrected chi connectivity index (χ4v) is 2.91. The Bertz CT molecular complexity index is 814. The summed E-state index contributed by atoms with van der Waals surface area (Å²) in [5, 5.41) is 8.64. The second-order valence-corrected chi connectivity index (χ2v) is 6.51. The fourth-order valence-electron chi connectivity index (χ4n) is 2.91. The highest BCUT2D eigenvalue weighted by atomic mass is 16.5. The standard InChI is InChI=1S/C21H23NO6/c1-22(16-7-9-17(10-8-16)28-14-20(23)24)21(25)15-4-2-5-18(12-15)27-13-19-6-3-11-26-19/h2,4-5,7-10,12,19H,3,6,11,13-14H2,1H3,(H,23,24). The Labute approximate surface area is 163 Å². The number of carbonyl (C=O) groups excluding carboxylic acids is 1. The quantitative estimate of drug-likeness (QED) is 0.752. The lowest BCUT2D eigenvalue weighted by Crippen LogP contribution is -2.26. The molecule has 2 aromatic carbocycles. The van der Waals surface area contributed by atoms with E-state index < -0.39 is 12.6 Å². The van der Waals surface area contributed by atoms with Gasteiger partial charge in [-0.2, -0.15) is 0 Å². The molecular weight excluding hydrogens is 362 g/mol. The van der Waals surface area contributed by atoms with E-state index in [4.69, 9.17) is 19.3 Å². The zero-order valence-electron chi connectivity index (χ0n) is 15.7. The van der Waals surface area contributed by atoms with Crippen LogP contribution < -0.4 is 14.4 Å². The molecule has 1 aliphatic rings. The maximum Gasteiger partial charge on any atom is 0.341 e. The molecule has 3 rings (SSSR count). The van der Waals surface area contributed by atoms with Gasteiger partial charge in [0.15, 0.2) is 6.61 Å². The molecule has 1 saturated heterocycles. The van der Waals surface area contributed by atoms with Gasteiger partial charge < -0.3 is 24.2 Å². The van der Waals surface area contributed by atoms with E-state index in [2.05, 4.69) is 0 Å². The van der Waals surface area contributed by atoms with Gasteiger partial charge in [-0.05, 0) is 55.3 Å². The van der Waals surface area contributed by atoms with Crippen LogP contribution in [0.25, 0.3) is 0 Å². The highest BCUT2D eigenvalue weighted by Gasteiger charge is 2.17. The highest BCUT2D eigenvalue weighted by molar-refractivity contribution is 6.05. The van der Waals surface area contributed by atoms with Gasteiger partial charge in [0.2, 0.25) is 0 Å². The van der Waals surface area contributed by atoms with E-state index in [0.29, 0.717) is 29.4 Å². The van der Waals surface area contributed by atoms with Gasteiger partial charge in [0.1, 0.15) is 18.1 Å². The van der Waals surface area contributed by atoms with Crippen LogP contribution in [0.5, 0.6) is 11.5 Å². The van der Waals surface area contributed by atoms with E-state index in [-0.39, 0.29) is 12.0 Å².